The molecule has 1 saturated heterocycles. The molecule has 0 N–H and O–H groups in total. The monoisotopic (exact) mass is 120 g/mol. The van der Waals surface area contributed by atoms with Crippen molar-refractivity contribution >= 4 is 11.6 Å². The van der Waals surface area contributed by atoms with E-state index in [1.165, 1.54) is 0 Å². The minimum atomic E-state index is 0.0154. The summed E-state index contributed by atoms with van der Waals surface area (Å²) in [5, 5.41) is 0. The first-order valence-corrected chi connectivity index (χ1v) is 2.96. The first kappa shape index (κ1) is 5.39. The third-order valence-corrected chi connectivity index (χ3v) is 2.04. The highest BCUT2D eigenvalue weighted by molar-refractivity contribution is 6.18. The lowest BCUT2D eigenvalue weighted by Gasteiger charge is -1.92. The Morgan fingerprint density at radius 1 is 1.86 bits per heavy atom. The van der Waals surface area contributed by atoms with Crippen LogP contribution in [-0.2, 0) is 4.74 Å². The molecule has 0 aromatic carbocycles. The fourth-order valence-electron chi connectivity index (χ4n) is 0.510. The minimum Gasteiger partial charge on any atom is -0.365 e. The molecule has 0 unspecified atom stereocenters. The molecule has 0 amide bonds. The molecule has 0 aromatic rings. The third kappa shape index (κ3) is 0.752. The molecule has 1 rings (SSSR count). The summed E-state index contributed by atoms with van der Waals surface area (Å²) in [6.07, 6.45) is 0.380. The highest BCUT2D eigenvalue weighted by Gasteiger charge is 2.47. The Hall–Kier alpha value is 0.250. The maximum Gasteiger partial charge on any atom is 0.105 e. The van der Waals surface area contributed by atoms with E-state index in [4.69, 9.17) is 16.3 Å². The van der Waals surface area contributed by atoms with Crippen molar-refractivity contribution in [1.82, 2.24) is 0 Å². The Labute approximate surface area is 48.6 Å². The van der Waals surface area contributed by atoms with Gasteiger partial charge in [-0.2, -0.15) is 0 Å². The van der Waals surface area contributed by atoms with Gasteiger partial charge in [0.15, 0.2) is 0 Å². The van der Waals surface area contributed by atoms with Crippen molar-refractivity contribution < 1.29 is 4.74 Å². The molecule has 1 aliphatic heterocycles. The van der Waals surface area contributed by atoms with Crippen LogP contribution in [0.25, 0.3) is 0 Å². The predicted octanol–water partition coefficient (Wildman–Crippen LogP) is 1.40. The van der Waals surface area contributed by atoms with E-state index < -0.39 is 0 Å². The van der Waals surface area contributed by atoms with Gasteiger partial charge in [-0.15, -0.1) is 11.6 Å². The molecule has 0 aliphatic carbocycles. The van der Waals surface area contributed by atoms with Crippen molar-refractivity contribution in [2.45, 2.75) is 25.6 Å². The van der Waals surface area contributed by atoms with Gasteiger partial charge in [-0.25, -0.2) is 0 Å². The van der Waals surface area contributed by atoms with Crippen molar-refractivity contribution in [2.75, 3.05) is 5.88 Å². The molecule has 0 saturated carbocycles. The van der Waals surface area contributed by atoms with Gasteiger partial charge in [0.1, 0.15) is 5.60 Å². The Morgan fingerprint density at radius 2 is 2.29 bits per heavy atom. The number of hydrogen-bond donors (Lipinski definition) is 0. The topological polar surface area (TPSA) is 12.5 Å². The molecule has 42 valence electrons. The molecule has 1 aliphatic rings. The van der Waals surface area contributed by atoms with E-state index in [9.17, 15) is 0 Å². The fourth-order valence-corrected chi connectivity index (χ4v) is 0.790. The third-order valence-electron chi connectivity index (χ3n) is 1.51. The average Bonchev–Trinajstić information content (AvgIpc) is 2.18. The maximum absolute atomic E-state index is 5.51. The van der Waals surface area contributed by atoms with E-state index in [2.05, 4.69) is 0 Å². The van der Waals surface area contributed by atoms with Gasteiger partial charge < -0.3 is 4.74 Å². The van der Waals surface area contributed by atoms with Crippen LogP contribution in [0.4, 0.5) is 0 Å². The molecule has 0 bridgehead atoms. The molecular formula is C5H9ClO. The molecule has 0 aromatic heterocycles. The summed E-state index contributed by atoms with van der Waals surface area (Å²) in [5.41, 5.74) is 0.0154. The standard InChI is InChI=1S/C5H9ClO/c1-4-5(2,3-6)7-4/h4H,3H2,1-2H3/t4-,5+/m0/s1. The summed E-state index contributed by atoms with van der Waals surface area (Å²) in [7, 11) is 0. The molecule has 1 heterocycles. The van der Waals surface area contributed by atoms with Crippen LogP contribution in [0, 0.1) is 0 Å². The second-order valence-electron chi connectivity index (χ2n) is 2.21. The Bertz CT molecular complexity index is 80.1. The van der Waals surface area contributed by atoms with Gasteiger partial charge in [0, 0.05) is 0 Å². The molecule has 0 radical (unpaired) electrons. The highest BCUT2D eigenvalue weighted by atomic mass is 35.5. The highest BCUT2D eigenvalue weighted by Crippen LogP contribution is 2.36. The van der Waals surface area contributed by atoms with E-state index in [0.717, 1.165) is 0 Å². The summed E-state index contributed by atoms with van der Waals surface area (Å²) >= 11 is 5.51. The van der Waals surface area contributed by atoms with E-state index in [1.54, 1.807) is 0 Å². The Balaban J connectivity index is 2.36. The molecule has 0 spiro atoms. The Morgan fingerprint density at radius 3 is 2.29 bits per heavy atom. The second-order valence-corrected chi connectivity index (χ2v) is 2.47. The second kappa shape index (κ2) is 1.36. The normalized spacial score (nSPS) is 49.3. The average molecular weight is 121 g/mol. The van der Waals surface area contributed by atoms with Crippen molar-refractivity contribution in [2.24, 2.45) is 0 Å². The largest absolute Gasteiger partial charge is 0.365 e. The number of hydrogen-bond acceptors (Lipinski definition) is 1. The predicted molar refractivity (Wildman–Crippen MR) is 29.7 cm³/mol. The molecule has 7 heavy (non-hydrogen) atoms. The minimum absolute atomic E-state index is 0.0154. The van der Waals surface area contributed by atoms with Crippen LogP contribution in [-0.4, -0.2) is 17.6 Å². The molecule has 1 fully saturated rings. The van der Waals surface area contributed by atoms with Crippen molar-refractivity contribution in [3.05, 3.63) is 0 Å². The SMILES string of the molecule is C[C@@H]1O[C@]1(C)CCl. The first-order chi connectivity index (χ1) is 3.19. The van der Waals surface area contributed by atoms with Crippen LogP contribution in [0.1, 0.15) is 13.8 Å². The van der Waals surface area contributed by atoms with Crippen LogP contribution in [0.2, 0.25) is 0 Å². The zero-order chi connectivity index (χ0) is 5.49. The molecular weight excluding hydrogens is 112 g/mol. The lowest BCUT2D eigenvalue weighted by atomic mass is 10.2. The summed E-state index contributed by atoms with van der Waals surface area (Å²) < 4.78 is 5.12. The maximum atomic E-state index is 5.51. The first-order valence-electron chi connectivity index (χ1n) is 2.43. The summed E-state index contributed by atoms with van der Waals surface area (Å²) in [6.45, 7) is 4.05. The van der Waals surface area contributed by atoms with E-state index in [1.807, 2.05) is 13.8 Å². The van der Waals surface area contributed by atoms with Crippen LogP contribution >= 0.6 is 11.6 Å². The van der Waals surface area contributed by atoms with Crippen LogP contribution in [0.3, 0.4) is 0 Å². The summed E-state index contributed by atoms with van der Waals surface area (Å²) in [4.78, 5) is 0. The van der Waals surface area contributed by atoms with Gasteiger partial charge in [-0.05, 0) is 13.8 Å². The van der Waals surface area contributed by atoms with Crippen molar-refractivity contribution in [3.63, 3.8) is 0 Å². The number of epoxide rings is 1. The van der Waals surface area contributed by atoms with E-state index in [-0.39, 0.29) is 5.60 Å². The van der Waals surface area contributed by atoms with Gasteiger partial charge in [0.05, 0.1) is 12.0 Å². The summed E-state index contributed by atoms with van der Waals surface area (Å²) in [6, 6.07) is 0. The van der Waals surface area contributed by atoms with E-state index >= 15 is 0 Å². The number of rotatable bonds is 1. The van der Waals surface area contributed by atoms with Gasteiger partial charge in [0.25, 0.3) is 0 Å². The molecule has 2 atom stereocenters. The lowest BCUT2D eigenvalue weighted by Crippen LogP contribution is -2.08. The smallest absolute Gasteiger partial charge is 0.105 e. The van der Waals surface area contributed by atoms with E-state index in [0.29, 0.717) is 12.0 Å². The summed E-state index contributed by atoms with van der Waals surface area (Å²) in [5.74, 6) is 0.619. The number of halogens is 1. The zero-order valence-corrected chi connectivity index (χ0v) is 5.33. The Kier molecular flexibility index (Phi) is 1.05. The van der Waals surface area contributed by atoms with Gasteiger partial charge in [-0.1, -0.05) is 0 Å². The van der Waals surface area contributed by atoms with Gasteiger partial charge >= 0.3 is 0 Å². The molecule has 2 heteroatoms. The number of ether oxygens (including phenoxy) is 1. The van der Waals surface area contributed by atoms with Crippen LogP contribution in [0.5, 0.6) is 0 Å². The van der Waals surface area contributed by atoms with Gasteiger partial charge in [0.2, 0.25) is 0 Å². The quantitative estimate of drug-likeness (QED) is 0.377. The lowest BCUT2D eigenvalue weighted by molar-refractivity contribution is 0.331. The van der Waals surface area contributed by atoms with Crippen molar-refractivity contribution in [1.29, 1.82) is 0 Å². The van der Waals surface area contributed by atoms with Crippen LogP contribution < -0.4 is 0 Å². The van der Waals surface area contributed by atoms with Crippen molar-refractivity contribution in [3.8, 4) is 0 Å². The number of alkyl halides is 1. The van der Waals surface area contributed by atoms with Crippen LogP contribution in [0.15, 0.2) is 0 Å². The molecule has 1 nitrogen and oxygen atoms in total. The zero-order valence-electron chi connectivity index (χ0n) is 4.57. The van der Waals surface area contributed by atoms with Gasteiger partial charge in [-0.3, -0.25) is 0 Å². The fraction of sp³-hybridized carbons (Fsp3) is 1.00.